The van der Waals surface area contributed by atoms with Crippen molar-refractivity contribution in [1.82, 2.24) is 0 Å². The summed E-state index contributed by atoms with van der Waals surface area (Å²) in [6.45, 7) is 0. The lowest BCUT2D eigenvalue weighted by Crippen LogP contribution is -1.92. The van der Waals surface area contributed by atoms with Gasteiger partial charge in [0.2, 0.25) is 0 Å². The molecule has 0 atom stereocenters. The Balaban J connectivity index is 2.64. The van der Waals surface area contributed by atoms with Crippen molar-refractivity contribution in [3.8, 4) is 16.9 Å². The third-order valence-corrected chi connectivity index (χ3v) is 2.25. The molecule has 0 amide bonds. The SMILES string of the molecule is Oc1ccc(F)cc1-c1cc(F)c(F)c(F)c1. The highest BCUT2D eigenvalue weighted by molar-refractivity contribution is 5.70. The Kier molecular flexibility index (Phi) is 2.75. The van der Waals surface area contributed by atoms with Gasteiger partial charge in [-0.15, -0.1) is 0 Å². The van der Waals surface area contributed by atoms with Crippen molar-refractivity contribution >= 4 is 0 Å². The average Bonchev–Trinajstić information content (AvgIpc) is 2.28. The Labute approximate surface area is 93.9 Å². The van der Waals surface area contributed by atoms with Crippen molar-refractivity contribution in [2.75, 3.05) is 0 Å². The van der Waals surface area contributed by atoms with Crippen LogP contribution in [0.15, 0.2) is 30.3 Å². The molecule has 88 valence electrons. The van der Waals surface area contributed by atoms with E-state index < -0.39 is 23.3 Å². The lowest BCUT2D eigenvalue weighted by molar-refractivity contribution is 0.447. The summed E-state index contributed by atoms with van der Waals surface area (Å²) in [4.78, 5) is 0. The molecule has 2 rings (SSSR count). The molecule has 2 aromatic rings. The maximum Gasteiger partial charge on any atom is 0.194 e. The normalized spacial score (nSPS) is 10.6. The van der Waals surface area contributed by atoms with Crippen LogP contribution in [0.2, 0.25) is 0 Å². The lowest BCUT2D eigenvalue weighted by atomic mass is 10.0. The Morgan fingerprint density at radius 2 is 1.41 bits per heavy atom. The third kappa shape index (κ3) is 2.08. The van der Waals surface area contributed by atoms with Gasteiger partial charge in [-0.2, -0.15) is 0 Å². The fraction of sp³-hybridized carbons (Fsp3) is 0. The van der Waals surface area contributed by atoms with Crippen LogP contribution in [0.4, 0.5) is 17.6 Å². The van der Waals surface area contributed by atoms with E-state index in [-0.39, 0.29) is 16.9 Å². The third-order valence-electron chi connectivity index (χ3n) is 2.25. The second-order valence-corrected chi connectivity index (χ2v) is 3.42. The number of hydrogen-bond acceptors (Lipinski definition) is 1. The van der Waals surface area contributed by atoms with Gasteiger partial charge in [0.15, 0.2) is 17.5 Å². The zero-order valence-electron chi connectivity index (χ0n) is 8.35. The van der Waals surface area contributed by atoms with Crippen molar-refractivity contribution in [1.29, 1.82) is 0 Å². The molecule has 1 N–H and O–H groups in total. The van der Waals surface area contributed by atoms with Gasteiger partial charge >= 0.3 is 0 Å². The predicted molar refractivity (Wildman–Crippen MR) is 53.4 cm³/mol. The van der Waals surface area contributed by atoms with E-state index in [0.29, 0.717) is 12.1 Å². The van der Waals surface area contributed by atoms with Gasteiger partial charge in [-0.25, -0.2) is 17.6 Å². The van der Waals surface area contributed by atoms with Crippen molar-refractivity contribution in [3.05, 3.63) is 53.6 Å². The largest absolute Gasteiger partial charge is 0.507 e. The van der Waals surface area contributed by atoms with Gasteiger partial charge in [0.25, 0.3) is 0 Å². The number of aromatic hydroxyl groups is 1. The summed E-state index contributed by atoms with van der Waals surface area (Å²) < 4.78 is 51.6. The number of halogens is 4. The highest BCUT2D eigenvalue weighted by atomic mass is 19.2. The molecule has 0 aliphatic carbocycles. The van der Waals surface area contributed by atoms with Crippen LogP contribution in [-0.4, -0.2) is 5.11 Å². The molecule has 2 aromatic carbocycles. The summed E-state index contributed by atoms with van der Waals surface area (Å²) in [6.07, 6.45) is 0. The second kappa shape index (κ2) is 4.08. The zero-order chi connectivity index (χ0) is 12.6. The molecule has 0 radical (unpaired) electrons. The highest BCUT2D eigenvalue weighted by Gasteiger charge is 2.14. The Hall–Kier alpha value is -2.04. The van der Waals surface area contributed by atoms with Gasteiger partial charge in [-0.1, -0.05) is 0 Å². The number of hydrogen-bond donors (Lipinski definition) is 1. The van der Waals surface area contributed by atoms with Gasteiger partial charge in [-0.05, 0) is 35.9 Å². The van der Waals surface area contributed by atoms with Crippen LogP contribution in [0.25, 0.3) is 11.1 Å². The Morgan fingerprint density at radius 1 is 0.824 bits per heavy atom. The maximum atomic E-state index is 13.0. The predicted octanol–water partition coefficient (Wildman–Crippen LogP) is 3.62. The second-order valence-electron chi connectivity index (χ2n) is 3.42. The van der Waals surface area contributed by atoms with Crippen LogP contribution in [0.1, 0.15) is 0 Å². The van der Waals surface area contributed by atoms with E-state index in [0.717, 1.165) is 18.2 Å². The van der Waals surface area contributed by atoms with E-state index in [4.69, 9.17) is 0 Å². The molecule has 0 unspecified atom stereocenters. The fourth-order valence-corrected chi connectivity index (χ4v) is 1.45. The summed E-state index contributed by atoms with van der Waals surface area (Å²) in [5, 5.41) is 9.43. The topological polar surface area (TPSA) is 20.2 Å². The zero-order valence-corrected chi connectivity index (χ0v) is 8.35. The first-order chi connectivity index (χ1) is 7.99. The van der Waals surface area contributed by atoms with Crippen molar-refractivity contribution in [2.24, 2.45) is 0 Å². The molecule has 0 aliphatic rings. The molecular formula is C12H6F4O. The van der Waals surface area contributed by atoms with Gasteiger partial charge in [0.05, 0.1) is 0 Å². The van der Waals surface area contributed by atoms with Crippen LogP contribution < -0.4 is 0 Å². The number of benzene rings is 2. The molecule has 0 aromatic heterocycles. The molecule has 0 bridgehead atoms. The van der Waals surface area contributed by atoms with E-state index in [1.807, 2.05) is 0 Å². The molecule has 0 heterocycles. The minimum atomic E-state index is -1.61. The fourth-order valence-electron chi connectivity index (χ4n) is 1.45. The minimum absolute atomic E-state index is 0.109. The summed E-state index contributed by atoms with van der Waals surface area (Å²) in [5.74, 6) is -5.43. The maximum absolute atomic E-state index is 13.0. The molecule has 0 spiro atoms. The molecule has 0 fully saturated rings. The van der Waals surface area contributed by atoms with Crippen molar-refractivity contribution in [3.63, 3.8) is 0 Å². The van der Waals surface area contributed by atoms with Crippen LogP contribution in [0, 0.1) is 23.3 Å². The molecule has 1 nitrogen and oxygen atoms in total. The van der Waals surface area contributed by atoms with E-state index >= 15 is 0 Å². The highest BCUT2D eigenvalue weighted by Crippen LogP contribution is 2.31. The smallest absolute Gasteiger partial charge is 0.194 e. The minimum Gasteiger partial charge on any atom is -0.507 e. The van der Waals surface area contributed by atoms with Crippen molar-refractivity contribution in [2.45, 2.75) is 0 Å². The van der Waals surface area contributed by atoms with Gasteiger partial charge in [-0.3, -0.25) is 0 Å². The quantitative estimate of drug-likeness (QED) is 0.598. The van der Waals surface area contributed by atoms with Crippen molar-refractivity contribution < 1.29 is 22.7 Å². The van der Waals surface area contributed by atoms with Crippen LogP contribution >= 0.6 is 0 Å². The van der Waals surface area contributed by atoms with E-state index in [1.165, 1.54) is 0 Å². The van der Waals surface area contributed by atoms with E-state index in [1.54, 1.807) is 0 Å². The monoisotopic (exact) mass is 242 g/mol. The summed E-state index contributed by atoms with van der Waals surface area (Å²) in [5.41, 5.74) is -0.249. The number of rotatable bonds is 1. The van der Waals surface area contributed by atoms with Crippen LogP contribution in [0.5, 0.6) is 5.75 Å². The Bertz CT molecular complexity index is 558. The molecule has 17 heavy (non-hydrogen) atoms. The Morgan fingerprint density at radius 3 is 2.00 bits per heavy atom. The summed E-state index contributed by atoms with van der Waals surface area (Å²) in [6, 6.07) is 4.32. The summed E-state index contributed by atoms with van der Waals surface area (Å²) >= 11 is 0. The molecule has 0 aliphatic heterocycles. The number of phenolic OH excluding ortho intramolecular Hbond substituents is 1. The molecule has 0 saturated heterocycles. The van der Waals surface area contributed by atoms with Gasteiger partial charge in [0.1, 0.15) is 11.6 Å². The van der Waals surface area contributed by atoms with E-state index in [9.17, 15) is 22.7 Å². The molecule has 0 saturated carbocycles. The lowest BCUT2D eigenvalue weighted by Gasteiger charge is -2.06. The molecule has 5 heteroatoms. The van der Waals surface area contributed by atoms with E-state index in [2.05, 4.69) is 0 Å². The van der Waals surface area contributed by atoms with Crippen LogP contribution in [0.3, 0.4) is 0 Å². The first-order valence-electron chi connectivity index (χ1n) is 4.62. The first-order valence-corrected chi connectivity index (χ1v) is 4.62. The van der Waals surface area contributed by atoms with Crippen LogP contribution in [-0.2, 0) is 0 Å². The average molecular weight is 242 g/mol. The number of phenols is 1. The standard InChI is InChI=1S/C12H6F4O/c13-7-1-2-11(17)8(5-7)6-3-9(14)12(16)10(15)4-6/h1-5,17H. The molecular weight excluding hydrogens is 236 g/mol. The van der Waals surface area contributed by atoms with Gasteiger partial charge < -0.3 is 5.11 Å². The first kappa shape index (κ1) is 11.4. The summed E-state index contributed by atoms with van der Waals surface area (Å²) in [7, 11) is 0. The van der Waals surface area contributed by atoms with Gasteiger partial charge in [0, 0.05) is 5.56 Å².